The lowest BCUT2D eigenvalue weighted by Crippen LogP contribution is -2.30. The van der Waals surface area contributed by atoms with Crippen LogP contribution in [0.1, 0.15) is 31.4 Å². The van der Waals surface area contributed by atoms with E-state index >= 15 is 0 Å². The molecule has 1 atom stereocenters. The van der Waals surface area contributed by atoms with Gasteiger partial charge in [0.1, 0.15) is 0 Å². The highest BCUT2D eigenvalue weighted by molar-refractivity contribution is 9.10. The molecule has 2 amide bonds. The minimum absolute atomic E-state index is 0.0650. The fourth-order valence-corrected chi connectivity index (χ4v) is 3.90. The van der Waals surface area contributed by atoms with Crippen LogP contribution in [0, 0.1) is 12.8 Å². The summed E-state index contributed by atoms with van der Waals surface area (Å²) >= 11 is 3.49. The first-order chi connectivity index (χ1) is 14.9. The Bertz CT molecular complexity index is 976. The van der Waals surface area contributed by atoms with Gasteiger partial charge in [0, 0.05) is 18.7 Å². The number of aryl methyl sites for hydroxylation is 1. The fraction of sp³-hybridized carbons (Fsp3) is 0.348. The zero-order chi connectivity index (χ0) is 22.4. The van der Waals surface area contributed by atoms with Gasteiger partial charge in [-0.3, -0.25) is 9.59 Å². The average Bonchev–Trinajstić information content (AvgIpc) is 3.13. The number of amides is 2. The Kier molecular flexibility index (Phi) is 7.68. The lowest BCUT2D eigenvalue weighted by molar-refractivity contribution is -0.126. The number of nitrogens with one attached hydrogen (secondary N) is 1. The van der Waals surface area contributed by atoms with Crippen LogP contribution in [0.2, 0.25) is 0 Å². The van der Waals surface area contributed by atoms with Gasteiger partial charge >= 0.3 is 0 Å². The number of carbonyl (C=O) groups excluding carboxylic acids is 2. The average molecular weight is 488 g/mol. The van der Waals surface area contributed by atoms with Gasteiger partial charge in [0.25, 0.3) is 0 Å². The molecule has 1 aliphatic rings. The summed E-state index contributed by atoms with van der Waals surface area (Å²) in [6.45, 7) is 7.14. The van der Waals surface area contributed by atoms with E-state index in [1.807, 2.05) is 51.1 Å². The summed E-state index contributed by atoms with van der Waals surface area (Å²) in [6, 6.07) is 11.3. The molecule has 31 heavy (non-hydrogen) atoms. The number of benzene rings is 2. The van der Waals surface area contributed by atoms with E-state index in [1.54, 1.807) is 11.0 Å². The molecule has 0 aromatic heterocycles. The third-order valence-corrected chi connectivity index (χ3v) is 5.44. The van der Waals surface area contributed by atoms with Crippen LogP contribution in [0.4, 0.5) is 5.69 Å². The maximum Gasteiger partial charge on any atom is 0.245 e. The molecule has 1 saturated heterocycles. The summed E-state index contributed by atoms with van der Waals surface area (Å²) in [7, 11) is 0. The fourth-order valence-electron chi connectivity index (χ4n) is 3.33. The molecule has 1 fully saturated rings. The van der Waals surface area contributed by atoms with E-state index in [4.69, 9.17) is 9.47 Å². The first kappa shape index (κ1) is 22.8. The number of hydrogen-bond donors (Lipinski definition) is 1. The quantitative estimate of drug-likeness (QED) is 0.449. The highest BCUT2D eigenvalue weighted by atomic mass is 79.9. The topological polar surface area (TPSA) is 80.2 Å². The first-order valence-corrected chi connectivity index (χ1v) is 11.0. The van der Waals surface area contributed by atoms with Gasteiger partial charge in [0.15, 0.2) is 11.5 Å². The molecule has 0 saturated carbocycles. The number of rotatable bonds is 8. The third kappa shape index (κ3) is 5.64. The minimum atomic E-state index is -0.447. The molecule has 1 N–H and O–H groups in total. The van der Waals surface area contributed by atoms with E-state index in [9.17, 15) is 9.59 Å². The number of carbonyl (C=O) groups is 2. The molecule has 3 rings (SSSR count). The summed E-state index contributed by atoms with van der Waals surface area (Å²) in [5, 5.41) is 4.07. The number of ether oxygens (including phenoxy) is 2. The Hall–Kier alpha value is -2.87. The van der Waals surface area contributed by atoms with Gasteiger partial charge in [-0.05, 0) is 66.5 Å². The Labute approximate surface area is 190 Å². The zero-order valence-electron chi connectivity index (χ0n) is 17.9. The van der Waals surface area contributed by atoms with Gasteiger partial charge in [-0.15, -0.1) is 0 Å². The van der Waals surface area contributed by atoms with Gasteiger partial charge in [0.2, 0.25) is 11.8 Å². The molecule has 0 radical (unpaired) electrons. The van der Waals surface area contributed by atoms with Crippen molar-refractivity contribution < 1.29 is 19.1 Å². The molecule has 1 heterocycles. The van der Waals surface area contributed by atoms with Gasteiger partial charge in [-0.1, -0.05) is 17.7 Å². The molecule has 0 unspecified atom stereocenters. The molecule has 0 spiro atoms. The Balaban J connectivity index is 1.64. The Morgan fingerprint density at radius 3 is 2.61 bits per heavy atom. The Morgan fingerprint density at radius 1 is 1.23 bits per heavy atom. The standard InChI is InChI=1S/C23H26BrN3O4/c1-4-30-20-11-16(10-19(24)22(20)31-5-2)13-25-26-23(29)17-12-21(28)27(14-17)18-8-6-15(3)7-9-18/h6-11,13,17H,4-5,12,14H2,1-3H3,(H,26,29)/b25-13+/t17-/m1/s1. The van der Waals surface area contributed by atoms with Crippen LogP contribution in [-0.2, 0) is 9.59 Å². The van der Waals surface area contributed by atoms with Crippen molar-refractivity contribution >= 4 is 39.6 Å². The lowest BCUT2D eigenvalue weighted by atomic mass is 10.1. The zero-order valence-corrected chi connectivity index (χ0v) is 19.4. The summed E-state index contributed by atoms with van der Waals surface area (Å²) < 4.78 is 12.0. The highest BCUT2D eigenvalue weighted by Gasteiger charge is 2.35. The van der Waals surface area contributed by atoms with Crippen LogP contribution in [0.5, 0.6) is 11.5 Å². The molecule has 0 bridgehead atoms. The number of hydrazone groups is 1. The second kappa shape index (κ2) is 10.4. The van der Waals surface area contributed by atoms with Crippen molar-refractivity contribution in [2.75, 3.05) is 24.7 Å². The van der Waals surface area contributed by atoms with Gasteiger partial charge in [0.05, 0.1) is 29.8 Å². The van der Waals surface area contributed by atoms with E-state index in [2.05, 4.69) is 26.5 Å². The largest absolute Gasteiger partial charge is 0.490 e. The summed E-state index contributed by atoms with van der Waals surface area (Å²) in [4.78, 5) is 26.5. The van der Waals surface area contributed by atoms with Crippen molar-refractivity contribution in [2.45, 2.75) is 27.2 Å². The molecule has 8 heteroatoms. The number of hydrogen-bond acceptors (Lipinski definition) is 5. The smallest absolute Gasteiger partial charge is 0.245 e. The summed E-state index contributed by atoms with van der Waals surface area (Å²) in [5.41, 5.74) is 5.21. The second-order valence-electron chi connectivity index (χ2n) is 7.17. The van der Waals surface area contributed by atoms with Crippen molar-refractivity contribution in [1.29, 1.82) is 0 Å². The molecule has 164 valence electrons. The van der Waals surface area contributed by atoms with Crippen LogP contribution in [0.15, 0.2) is 46.0 Å². The highest BCUT2D eigenvalue weighted by Crippen LogP contribution is 2.36. The molecule has 1 aliphatic heterocycles. The molecule has 0 aliphatic carbocycles. The van der Waals surface area contributed by atoms with Crippen molar-refractivity contribution in [3.8, 4) is 11.5 Å². The molecule has 2 aromatic rings. The summed E-state index contributed by atoms with van der Waals surface area (Å²) in [5.74, 6) is 0.434. The van der Waals surface area contributed by atoms with Crippen molar-refractivity contribution in [1.82, 2.24) is 5.43 Å². The molecule has 7 nitrogen and oxygen atoms in total. The van der Waals surface area contributed by atoms with Crippen molar-refractivity contribution in [3.05, 3.63) is 52.0 Å². The Morgan fingerprint density at radius 2 is 1.94 bits per heavy atom. The van der Waals surface area contributed by atoms with E-state index < -0.39 is 5.92 Å². The predicted octanol–water partition coefficient (Wildman–Crippen LogP) is 4.06. The SMILES string of the molecule is CCOc1cc(/C=N/NC(=O)[C@@H]2CC(=O)N(c3ccc(C)cc3)C2)cc(Br)c1OCC. The number of nitrogens with zero attached hydrogens (tertiary/aromatic N) is 2. The number of anilines is 1. The predicted molar refractivity (Wildman–Crippen MR) is 124 cm³/mol. The van der Waals surface area contributed by atoms with Crippen molar-refractivity contribution in [2.24, 2.45) is 11.0 Å². The van der Waals surface area contributed by atoms with E-state index in [1.165, 1.54) is 6.21 Å². The molecular weight excluding hydrogens is 462 g/mol. The third-order valence-electron chi connectivity index (χ3n) is 4.85. The maximum absolute atomic E-state index is 12.5. The van der Waals surface area contributed by atoms with Gasteiger partial charge in [-0.25, -0.2) is 5.43 Å². The van der Waals surface area contributed by atoms with Crippen molar-refractivity contribution in [3.63, 3.8) is 0 Å². The monoisotopic (exact) mass is 487 g/mol. The molecular formula is C23H26BrN3O4. The molecule has 2 aromatic carbocycles. The van der Waals surface area contributed by atoms with Crippen LogP contribution in [-0.4, -0.2) is 37.8 Å². The van der Waals surface area contributed by atoms with Crippen LogP contribution >= 0.6 is 15.9 Å². The van der Waals surface area contributed by atoms with Gasteiger partial charge < -0.3 is 14.4 Å². The van der Waals surface area contributed by atoms with E-state index in [0.29, 0.717) is 31.3 Å². The van der Waals surface area contributed by atoms with Crippen LogP contribution in [0.3, 0.4) is 0 Å². The first-order valence-electron chi connectivity index (χ1n) is 10.2. The lowest BCUT2D eigenvalue weighted by Gasteiger charge is -2.16. The van der Waals surface area contributed by atoms with Gasteiger partial charge in [-0.2, -0.15) is 5.10 Å². The van der Waals surface area contributed by atoms with Crippen LogP contribution < -0.4 is 19.8 Å². The number of halogens is 1. The maximum atomic E-state index is 12.5. The normalized spacial score (nSPS) is 16.1. The minimum Gasteiger partial charge on any atom is -0.490 e. The van der Waals surface area contributed by atoms with E-state index in [0.717, 1.165) is 21.3 Å². The second-order valence-corrected chi connectivity index (χ2v) is 8.03. The van der Waals surface area contributed by atoms with Crippen LogP contribution in [0.25, 0.3) is 0 Å². The summed E-state index contributed by atoms with van der Waals surface area (Å²) in [6.07, 6.45) is 1.70. The van der Waals surface area contributed by atoms with E-state index in [-0.39, 0.29) is 18.2 Å².